The van der Waals surface area contributed by atoms with Crippen LogP contribution in [0, 0.1) is 25.6 Å². The lowest BCUT2D eigenvalue weighted by molar-refractivity contribution is 0.0676. The molecule has 0 spiro atoms. The predicted molar refractivity (Wildman–Crippen MR) is 154 cm³/mol. The van der Waals surface area contributed by atoms with Crippen molar-refractivity contribution in [3.8, 4) is 11.1 Å². The summed E-state index contributed by atoms with van der Waals surface area (Å²) in [5, 5.41) is 8.56. The Morgan fingerprint density at radius 3 is 2.40 bits per heavy atom. The second-order valence-corrected chi connectivity index (χ2v) is 10.6. The molecule has 2 heterocycles. The first-order valence-electron chi connectivity index (χ1n) is 13.7. The van der Waals surface area contributed by atoms with Crippen molar-refractivity contribution in [1.29, 1.82) is 0 Å². The van der Waals surface area contributed by atoms with Crippen molar-refractivity contribution in [2.24, 2.45) is 5.92 Å². The third-order valence-electron chi connectivity index (χ3n) is 7.77. The van der Waals surface area contributed by atoms with Crippen molar-refractivity contribution in [2.75, 3.05) is 33.4 Å². The molecule has 0 atom stereocenters. The highest BCUT2D eigenvalue weighted by molar-refractivity contribution is 6.00. The number of likely N-dealkylation sites (tertiary alicyclic amines) is 1. The van der Waals surface area contributed by atoms with E-state index in [1.54, 1.807) is 18.1 Å². The first kappa shape index (κ1) is 27.5. The summed E-state index contributed by atoms with van der Waals surface area (Å²) in [5.74, 6) is -0.523. The quantitative estimate of drug-likeness (QED) is 0.303. The van der Waals surface area contributed by atoms with Crippen molar-refractivity contribution >= 4 is 22.7 Å². The summed E-state index contributed by atoms with van der Waals surface area (Å²) in [6.45, 7) is 6.75. The molecule has 4 aromatic rings. The number of methoxy groups -OCH3 is 1. The molecule has 208 valence electrons. The molecule has 40 heavy (non-hydrogen) atoms. The highest BCUT2D eigenvalue weighted by Gasteiger charge is 2.26. The number of ether oxygens (including phenoxy) is 1. The summed E-state index contributed by atoms with van der Waals surface area (Å²) in [4.78, 5) is 27.4. The summed E-state index contributed by atoms with van der Waals surface area (Å²) < 4.78 is 21.9. The van der Waals surface area contributed by atoms with Crippen molar-refractivity contribution in [1.82, 2.24) is 20.0 Å². The number of rotatable bonds is 8. The Balaban J connectivity index is 1.20. The lowest BCUT2D eigenvalue weighted by Gasteiger charge is -2.32. The van der Waals surface area contributed by atoms with Gasteiger partial charge in [-0.25, -0.2) is 4.39 Å². The molecule has 5 rings (SSSR count). The normalized spacial score (nSPS) is 14.1. The Hall–Kier alpha value is -4.04. The predicted octanol–water partition coefficient (Wildman–Crippen LogP) is 5.39. The number of halogens is 1. The number of aryl methyl sites for hydroxylation is 2. The zero-order chi connectivity index (χ0) is 28.2. The van der Waals surface area contributed by atoms with E-state index in [4.69, 9.17) is 9.84 Å². The summed E-state index contributed by atoms with van der Waals surface area (Å²) in [5.41, 5.74) is 5.32. The van der Waals surface area contributed by atoms with Crippen LogP contribution in [0.5, 0.6) is 0 Å². The molecule has 1 N–H and O–H groups in total. The van der Waals surface area contributed by atoms with Crippen LogP contribution in [0.1, 0.15) is 44.7 Å². The van der Waals surface area contributed by atoms with Gasteiger partial charge < -0.3 is 15.0 Å². The smallest absolute Gasteiger partial charge is 0.256 e. The minimum atomic E-state index is -0.490. The van der Waals surface area contributed by atoms with E-state index >= 15 is 0 Å². The Morgan fingerprint density at radius 2 is 1.70 bits per heavy atom. The number of carbonyl (C=O) groups is 2. The SMILES string of the molecule is COCCNC(=O)c1ccc2nn(CC3CCN(C(=O)c4ccc(-c5ccc(C)cc5)cc4F)CC3)cc2c1C. The molecule has 1 aliphatic heterocycles. The molecule has 0 bridgehead atoms. The second-order valence-electron chi connectivity index (χ2n) is 10.6. The maximum atomic E-state index is 15.0. The third kappa shape index (κ3) is 5.92. The van der Waals surface area contributed by atoms with Crippen LogP contribution in [0.25, 0.3) is 22.0 Å². The van der Waals surface area contributed by atoms with Gasteiger partial charge in [0.1, 0.15) is 5.82 Å². The van der Waals surface area contributed by atoms with Gasteiger partial charge in [0.25, 0.3) is 11.8 Å². The fourth-order valence-corrected chi connectivity index (χ4v) is 5.35. The van der Waals surface area contributed by atoms with Crippen molar-refractivity contribution in [2.45, 2.75) is 33.2 Å². The molecule has 7 nitrogen and oxygen atoms in total. The molecule has 1 aliphatic rings. The van der Waals surface area contributed by atoms with Crippen LogP contribution < -0.4 is 5.32 Å². The average molecular weight is 543 g/mol. The van der Waals surface area contributed by atoms with Crippen LogP contribution in [0.15, 0.2) is 60.8 Å². The number of amides is 2. The van der Waals surface area contributed by atoms with Crippen LogP contribution in [0.2, 0.25) is 0 Å². The Bertz CT molecular complexity index is 1520. The molecule has 8 heteroatoms. The van der Waals surface area contributed by atoms with E-state index in [-0.39, 0.29) is 17.4 Å². The highest BCUT2D eigenvalue weighted by Crippen LogP contribution is 2.27. The fraction of sp³-hybridized carbons (Fsp3) is 0.344. The summed E-state index contributed by atoms with van der Waals surface area (Å²) in [7, 11) is 1.60. The Kier molecular flexibility index (Phi) is 8.26. The summed E-state index contributed by atoms with van der Waals surface area (Å²) in [6, 6.07) is 16.5. The van der Waals surface area contributed by atoms with Gasteiger partial charge in [0, 0.05) is 50.4 Å². The van der Waals surface area contributed by atoms with E-state index in [0.29, 0.717) is 37.7 Å². The maximum Gasteiger partial charge on any atom is 0.256 e. The van der Waals surface area contributed by atoms with E-state index < -0.39 is 5.82 Å². The number of hydrogen-bond donors (Lipinski definition) is 1. The number of benzene rings is 3. The molecule has 2 amide bonds. The molecule has 0 saturated carbocycles. The van der Waals surface area contributed by atoms with Gasteiger partial charge in [0.15, 0.2) is 0 Å². The molecular formula is C32H35FN4O3. The average Bonchev–Trinajstić information content (AvgIpc) is 3.37. The van der Waals surface area contributed by atoms with Gasteiger partial charge in [-0.15, -0.1) is 0 Å². The van der Waals surface area contributed by atoms with Crippen LogP contribution in [0.4, 0.5) is 4.39 Å². The number of fused-ring (bicyclic) bond motifs is 1. The van der Waals surface area contributed by atoms with Crippen LogP contribution in [0.3, 0.4) is 0 Å². The van der Waals surface area contributed by atoms with Gasteiger partial charge in [-0.05, 0) is 73.6 Å². The molecule has 3 aromatic carbocycles. The van der Waals surface area contributed by atoms with Gasteiger partial charge >= 0.3 is 0 Å². The summed E-state index contributed by atoms with van der Waals surface area (Å²) in [6.07, 6.45) is 3.63. The van der Waals surface area contributed by atoms with Gasteiger partial charge in [0.2, 0.25) is 0 Å². The Labute approximate surface area is 233 Å². The third-order valence-corrected chi connectivity index (χ3v) is 7.77. The minimum absolute atomic E-state index is 0.116. The van der Waals surface area contributed by atoms with Gasteiger partial charge in [0.05, 0.1) is 17.7 Å². The molecule has 0 unspecified atom stereocenters. The topological polar surface area (TPSA) is 76.5 Å². The van der Waals surface area contributed by atoms with Crippen molar-refractivity contribution in [3.05, 3.63) is 88.9 Å². The molecule has 1 fully saturated rings. The van der Waals surface area contributed by atoms with Crippen molar-refractivity contribution in [3.63, 3.8) is 0 Å². The van der Waals surface area contributed by atoms with E-state index in [0.717, 1.165) is 52.5 Å². The standard InChI is InChI=1S/C32H35FN4O3/c1-21-4-6-24(7-5-21)25-8-9-27(29(33)18-25)32(39)36-15-12-23(13-16-36)19-37-20-28-22(2)26(10-11-30(28)35-37)31(38)34-14-17-40-3/h4-11,18,20,23H,12-17,19H2,1-3H3,(H,34,38). The number of nitrogens with zero attached hydrogens (tertiary/aromatic N) is 3. The van der Waals surface area contributed by atoms with Gasteiger partial charge in [-0.3, -0.25) is 14.3 Å². The van der Waals surface area contributed by atoms with E-state index in [1.165, 1.54) is 6.07 Å². The fourth-order valence-electron chi connectivity index (χ4n) is 5.35. The molecular weight excluding hydrogens is 507 g/mol. The van der Waals surface area contributed by atoms with Crippen LogP contribution in [-0.4, -0.2) is 59.8 Å². The first-order valence-corrected chi connectivity index (χ1v) is 13.7. The molecule has 0 aliphatic carbocycles. The van der Waals surface area contributed by atoms with Crippen molar-refractivity contribution < 1.29 is 18.7 Å². The van der Waals surface area contributed by atoms with E-state index in [1.807, 2.05) is 67.2 Å². The van der Waals surface area contributed by atoms with Crippen LogP contribution in [-0.2, 0) is 11.3 Å². The lowest BCUT2D eigenvalue weighted by atomic mass is 9.96. The maximum absolute atomic E-state index is 15.0. The first-order chi connectivity index (χ1) is 19.3. The molecule has 0 radical (unpaired) electrons. The largest absolute Gasteiger partial charge is 0.383 e. The summed E-state index contributed by atoms with van der Waals surface area (Å²) >= 11 is 0. The van der Waals surface area contributed by atoms with Crippen LogP contribution >= 0.6 is 0 Å². The number of nitrogens with one attached hydrogen (secondary N) is 1. The Morgan fingerprint density at radius 1 is 1.00 bits per heavy atom. The van der Waals surface area contributed by atoms with Gasteiger partial charge in [-0.2, -0.15) is 5.10 Å². The van der Waals surface area contributed by atoms with Gasteiger partial charge in [-0.1, -0.05) is 35.9 Å². The lowest BCUT2D eigenvalue weighted by Crippen LogP contribution is -2.39. The van der Waals surface area contributed by atoms with E-state index in [2.05, 4.69) is 5.32 Å². The zero-order valence-electron chi connectivity index (χ0n) is 23.2. The number of carbonyl (C=O) groups excluding carboxylic acids is 2. The highest BCUT2D eigenvalue weighted by atomic mass is 19.1. The monoisotopic (exact) mass is 542 g/mol. The van der Waals surface area contributed by atoms with E-state index in [9.17, 15) is 14.0 Å². The zero-order valence-corrected chi connectivity index (χ0v) is 23.2. The molecule has 1 saturated heterocycles. The minimum Gasteiger partial charge on any atom is -0.383 e. The second kappa shape index (κ2) is 12.0. The number of piperidine rings is 1. The number of aromatic nitrogens is 2. The number of hydrogen-bond acceptors (Lipinski definition) is 4. The molecule has 1 aromatic heterocycles.